The Labute approximate surface area is 117 Å². The highest BCUT2D eigenvalue weighted by atomic mass is 35.5. The molecule has 3 heteroatoms. The molecule has 2 aromatic rings. The monoisotopic (exact) mass is 275 g/mol. The normalized spacial score (nSPS) is 22.6. The first-order valence-electron chi connectivity index (χ1n) is 6.46. The smallest absolute Gasteiger partial charge is 0.123 e. The van der Waals surface area contributed by atoms with E-state index in [1.807, 2.05) is 30.3 Å². The Morgan fingerprint density at radius 3 is 2.37 bits per heavy atom. The molecule has 1 fully saturated rings. The number of hydrogen-bond acceptors (Lipinski definition) is 1. The van der Waals surface area contributed by atoms with Gasteiger partial charge in [-0.1, -0.05) is 41.9 Å². The Morgan fingerprint density at radius 2 is 1.63 bits per heavy atom. The van der Waals surface area contributed by atoms with Gasteiger partial charge in [-0.15, -0.1) is 0 Å². The summed E-state index contributed by atoms with van der Waals surface area (Å²) in [6.07, 6.45) is 0. The van der Waals surface area contributed by atoms with Crippen molar-refractivity contribution >= 4 is 11.6 Å². The topological polar surface area (TPSA) is 12.0 Å². The molecule has 19 heavy (non-hydrogen) atoms. The molecule has 2 atom stereocenters. The molecule has 0 spiro atoms. The highest BCUT2D eigenvalue weighted by molar-refractivity contribution is 6.31. The van der Waals surface area contributed by atoms with E-state index in [1.54, 1.807) is 0 Å². The molecule has 0 radical (unpaired) electrons. The van der Waals surface area contributed by atoms with Crippen LogP contribution in [0.2, 0.25) is 5.02 Å². The Balaban J connectivity index is 1.94. The van der Waals surface area contributed by atoms with Crippen molar-refractivity contribution in [1.82, 2.24) is 5.32 Å². The van der Waals surface area contributed by atoms with Crippen LogP contribution >= 0.6 is 11.6 Å². The summed E-state index contributed by atoms with van der Waals surface area (Å²) in [6.45, 7) is 1.81. The lowest BCUT2D eigenvalue weighted by molar-refractivity contribution is 0.621. The molecule has 0 saturated carbocycles. The lowest BCUT2D eigenvalue weighted by Gasteiger charge is -2.20. The van der Waals surface area contributed by atoms with Gasteiger partial charge in [0, 0.05) is 29.9 Å². The number of benzene rings is 2. The van der Waals surface area contributed by atoms with E-state index in [1.165, 1.54) is 17.7 Å². The molecule has 0 bridgehead atoms. The van der Waals surface area contributed by atoms with Crippen LogP contribution in [-0.2, 0) is 0 Å². The lowest BCUT2D eigenvalue weighted by atomic mass is 9.84. The van der Waals surface area contributed by atoms with Crippen LogP contribution in [0.1, 0.15) is 23.0 Å². The zero-order chi connectivity index (χ0) is 13.2. The Morgan fingerprint density at radius 1 is 0.947 bits per heavy atom. The maximum absolute atomic E-state index is 13.0. The third-order valence-electron chi connectivity index (χ3n) is 3.82. The molecule has 1 aliphatic rings. The van der Waals surface area contributed by atoms with Crippen LogP contribution < -0.4 is 5.32 Å². The average molecular weight is 276 g/mol. The van der Waals surface area contributed by atoms with Gasteiger partial charge in [0.1, 0.15) is 5.82 Å². The predicted molar refractivity (Wildman–Crippen MR) is 76.2 cm³/mol. The third kappa shape index (κ3) is 2.51. The second-order valence-corrected chi connectivity index (χ2v) is 5.35. The van der Waals surface area contributed by atoms with Crippen molar-refractivity contribution in [3.05, 3.63) is 70.5 Å². The molecule has 0 unspecified atom stereocenters. The Bertz CT molecular complexity index is 567. The van der Waals surface area contributed by atoms with E-state index in [9.17, 15) is 4.39 Å². The van der Waals surface area contributed by atoms with E-state index in [0.29, 0.717) is 11.8 Å². The minimum Gasteiger partial charge on any atom is -0.315 e. The first-order chi connectivity index (χ1) is 9.25. The van der Waals surface area contributed by atoms with E-state index >= 15 is 0 Å². The molecule has 1 saturated heterocycles. The second-order valence-electron chi connectivity index (χ2n) is 4.94. The van der Waals surface area contributed by atoms with E-state index < -0.39 is 0 Å². The number of nitrogens with one attached hydrogen (secondary N) is 1. The molecule has 1 N–H and O–H groups in total. The predicted octanol–water partition coefficient (Wildman–Crippen LogP) is 3.95. The van der Waals surface area contributed by atoms with Crippen molar-refractivity contribution in [2.24, 2.45) is 0 Å². The minimum atomic E-state index is -0.191. The van der Waals surface area contributed by atoms with Gasteiger partial charge in [-0.05, 0) is 29.3 Å². The van der Waals surface area contributed by atoms with Crippen molar-refractivity contribution in [2.75, 3.05) is 13.1 Å². The molecule has 1 heterocycles. The summed E-state index contributed by atoms with van der Waals surface area (Å²) in [5.74, 6) is 0.503. The fourth-order valence-corrected chi connectivity index (χ4v) is 3.12. The van der Waals surface area contributed by atoms with Crippen molar-refractivity contribution < 1.29 is 4.39 Å². The zero-order valence-corrected chi connectivity index (χ0v) is 11.2. The fourth-order valence-electron chi connectivity index (χ4n) is 2.84. The first kappa shape index (κ1) is 12.6. The van der Waals surface area contributed by atoms with Gasteiger partial charge in [0.05, 0.1) is 0 Å². The molecule has 1 aliphatic heterocycles. The molecule has 3 rings (SSSR count). The average Bonchev–Trinajstić information content (AvgIpc) is 2.89. The largest absolute Gasteiger partial charge is 0.315 e. The summed E-state index contributed by atoms with van der Waals surface area (Å²) in [5.41, 5.74) is 2.33. The van der Waals surface area contributed by atoms with Crippen LogP contribution in [0.4, 0.5) is 4.39 Å². The SMILES string of the molecule is Fc1ccc([C@@H]2CNC[C@H]2c2ccccc2Cl)cc1. The summed E-state index contributed by atoms with van der Waals surface area (Å²) in [7, 11) is 0. The molecule has 2 aromatic carbocycles. The van der Waals surface area contributed by atoms with Crippen LogP contribution in [0.25, 0.3) is 0 Å². The van der Waals surface area contributed by atoms with Crippen LogP contribution in [0.3, 0.4) is 0 Å². The summed E-state index contributed by atoms with van der Waals surface area (Å²) < 4.78 is 13.0. The summed E-state index contributed by atoms with van der Waals surface area (Å²) in [5, 5.41) is 4.22. The van der Waals surface area contributed by atoms with Gasteiger partial charge in [0.25, 0.3) is 0 Å². The van der Waals surface area contributed by atoms with Crippen molar-refractivity contribution in [3.63, 3.8) is 0 Å². The van der Waals surface area contributed by atoms with Gasteiger partial charge in [-0.3, -0.25) is 0 Å². The lowest BCUT2D eigenvalue weighted by Crippen LogP contribution is -2.09. The maximum Gasteiger partial charge on any atom is 0.123 e. The highest BCUT2D eigenvalue weighted by Crippen LogP contribution is 2.38. The van der Waals surface area contributed by atoms with E-state index in [2.05, 4.69) is 11.4 Å². The summed E-state index contributed by atoms with van der Waals surface area (Å²) in [4.78, 5) is 0. The second kappa shape index (κ2) is 5.32. The Kier molecular flexibility index (Phi) is 3.54. The molecular weight excluding hydrogens is 261 g/mol. The number of hydrogen-bond donors (Lipinski definition) is 1. The van der Waals surface area contributed by atoms with Gasteiger partial charge in [0.2, 0.25) is 0 Å². The van der Waals surface area contributed by atoms with E-state index in [0.717, 1.165) is 23.7 Å². The molecule has 0 amide bonds. The van der Waals surface area contributed by atoms with Crippen molar-refractivity contribution in [3.8, 4) is 0 Å². The standard InChI is InChI=1S/C16H15ClFN/c17-16-4-2-1-3-13(16)15-10-19-9-14(15)11-5-7-12(18)8-6-11/h1-8,14-15,19H,9-10H2/t14-,15-/m0/s1. The van der Waals surface area contributed by atoms with Gasteiger partial charge in [-0.2, -0.15) is 0 Å². The molecule has 0 aromatic heterocycles. The van der Waals surface area contributed by atoms with E-state index in [-0.39, 0.29) is 5.82 Å². The highest BCUT2D eigenvalue weighted by Gasteiger charge is 2.30. The van der Waals surface area contributed by atoms with Crippen LogP contribution in [0.5, 0.6) is 0 Å². The van der Waals surface area contributed by atoms with Crippen molar-refractivity contribution in [1.29, 1.82) is 0 Å². The zero-order valence-electron chi connectivity index (χ0n) is 10.4. The third-order valence-corrected chi connectivity index (χ3v) is 4.16. The summed E-state index contributed by atoms with van der Waals surface area (Å²) in [6, 6.07) is 14.8. The summed E-state index contributed by atoms with van der Waals surface area (Å²) >= 11 is 6.29. The fraction of sp³-hybridized carbons (Fsp3) is 0.250. The molecule has 98 valence electrons. The first-order valence-corrected chi connectivity index (χ1v) is 6.84. The van der Waals surface area contributed by atoms with Crippen LogP contribution in [-0.4, -0.2) is 13.1 Å². The van der Waals surface area contributed by atoms with Crippen molar-refractivity contribution in [2.45, 2.75) is 11.8 Å². The molecule has 0 aliphatic carbocycles. The van der Waals surface area contributed by atoms with Gasteiger partial charge < -0.3 is 5.32 Å². The van der Waals surface area contributed by atoms with Crippen LogP contribution in [0, 0.1) is 5.82 Å². The van der Waals surface area contributed by atoms with Gasteiger partial charge >= 0.3 is 0 Å². The molecular formula is C16H15ClFN. The van der Waals surface area contributed by atoms with Crippen LogP contribution in [0.15, 0.2) is 48.5 Å². The Hall–Kier alpha value is -1.38. The quantitative estimate of drug-likeness (QED) is 0.875. The van der Waals surface area contributed by atoms with Gasteiger partial charge in [0.15, 0.2) is 0 Å². The number of halogens is 2. The number of rotatable bonds is 2. The van der Waals surface area contributed by atoms with Gasteiger partial charge in [-0.25, -0.2) is 4.39 Å². The molecule has 1 nitrogen and oxygen atoms in total. The van der Waals surface area contributed by atoms with E-state index in [4.69, 9.17) is 11.6 Å². The maximum atomic E-state index is 13.0. The minimum absolute atomic E-state index is 0.191.